The van der Waals surface area contributed by atoms with Gasteiger partial charge in [0, 0.05) is 28.9 Å². The van der Waals surface area contributed by atoms with Crippen LogP contribution in [0.1, 0.15) is 19.8 Å². The van der Waals surface area contributed by atoms with E-state index in [0.29, 0.717) is 33.9 Å². The van der Waals surface area contributed by atoms with Crippen molar-refractivity contribution < 1.29 is 19.0 Å². The number of carbonyl (C=O) groups excluding carboxylic acids is 1. The van der Waals surface area contributed by atoms with Crippen LogP contribution in [0, 0.1) is 0 Å². The van der Waals surface area contributed by atoms with Crippen LogP contribution in [0.5, 0.6) is 11.5 Å². The topological polar surface area (TPSA) is 87.5 Å². The Morgan fingerprint density at radius 1 is 1.21 bits per heavy atom. The molecule has 1 saturated heterocycles. The Hall–Kier alpha value is -2.75. The molecule has 0 aliphatic carbocycles. The summed E-state index contributed by atoms with van der Waals surface area (Å²) in [7, 11) is 0. The lowest BCUT2D eigenvalue weighted by Crippen LogP contribution is -2.23. The summed E-state index contributed by atoms with van der Waals surface area (Å²) in [6.45, 7) is 3.43. The Bertz CT molecular complexity index is 1150. The summed E-state index contributed by atoms with van der Waals surface area (Å²) in [5, 5.41) is 12.7. The summed E-state index contributed by atoms with van der Waals surface area (Å²) < 4.78 is 18.6. The van der Waals surface area contributed by atoms with E-state index in [1.54, 1.807) is 18.2 Å². The van der Waals surface area contributed by atoms with Crippen LogP contribution in [-0.4, -0.2) is 45.4 Å². The van der Waals surface area contributed by atoms with Gasteiger partial charge in [-0.15, -0.1) is 10.2 Å². The molecule has 2 aliphatic heterocycles. The van der Waals surface area contributed by atoms with Crippen LogP contribution >= 0.6 is 23.4 Å². The quantitative estimate of drug-likeness (QED) is 0.487. The minimum atomic E-state index is -0.402. The van der Waals surface area contributed by atoms with Crippen molar-refractivity contribution in [2.45, 2.75) is 42.8 Å². The van der Waals surface area contributed by atoms with Gasteiger partial charge in [-0.3, -0.25) is 9.36 Å². The number of hydrogen-bond acceptors (Lipinski definition) is 7. The van der Waals surface area contributed by atoms with Crippen LogP contribution in [-0.2, 0) is 16.1 Å². The lowest BCUT2D eigenvalue weighted by Gasteiger charge is -2.16. The number of nitrogens with one attached hydrogen (secondary N) is 1. The van der Waals surface area contributed by atoms with Crippen molar-refractivity contribution in [2.75, 3.05) is 18.7 Å². The molecule has 2 aliphatic rings. The SMILES string of the molecule is C[C@@H](Sc1nnc(-c2ccc(Cl)cc2)n1C[C@@H]1CCCO1)C(=O)Nc1ccc2c(c1)OCO2. The van der Waals surface area contributed by atoms with Gasteiger partial charge in [-0.05, 0) is 56.2 Å². The third-order valence-electron chi connectivity index (χ3n) is 5.52. The van der Waals surface area contributed by atoms with Crippen molar-refractivity contribution >= 4 is 35.0 Å². The average Bonchev–Trinajstić information content (AvgIpc) is 3.57. The number of amides is 1. The molecule has 10 heteroatoms. The van der Waals surface area contributed by atoms with Gasteiger partial charge in [-0.25, -0.2) is 0 Å². The molecule has 0 radical (unpaired) electrons. The number of aromatic nitrogens is 3. The fourth-order valence-electron chi connectivity index (χ4n) is 3.77. The van der Waals surface area contributed by atoms with Gasteiger partial charge in [0.15, 0.2) is 22.5 Å². The molecule has 172 valence electrons. The predicted molar refractivity (Wildman–Crippen MR) is 126 cm³/mol. The van der Waals surface area contributed by atoms with Crippen LogP contribution in [0.3, 0.4) is 0 Å². The Balaban J connectivity index is 1.34. The van der Waals surface area contributed by atoms with Gasteiger partial charge in [-0.2, -0.15) is 0 Å². The first-order valence-corrected chi connectivity index (χ1v) is 12.0. The zero-order valence-electron chi connectivity index (χ0n) is 18.0. The van der Waals surface area contributed by atoms with Gasteiger partial charge in [0.25, 0.3) is 0 Å². The predicted octanol–water partition coefficient (Wildman–Crippen LogP) is 4.63. The Morgan fingerprint density at radius 3 is 2.82 bits per heavy atom. The lowest BCUT2D eigenvalue weighted by molar-refractivity contribution is -0.115. The summed E-state index contributed by atoms with van der Waals surface area (Å²) in [6.07, 6.45) is 2.13. The molecule has 1 N–H and O–H groups in total. The molecule has 0 bridgehead atoms. The average molecular weight is 487 g/mol. The number of hydrogen-bond donors (Lipinski definition) is 1. The Labute approximate surface area is 200 Å². The van der Waals surface area contributed by atoms with Crippen molar-refractivity contribution in [1.82, 2.24) is 14.8 Å². The molecule has 0 spiro atoms. The van der Waals surface area contributed by atoms with E-state index in [2.05, 4.69) is 15.5 Å². The van der Waals surface area contributed by atoms with E-state index < -0.39 is 5.25 Å². The fraction of sp³-hybridized carbons (Fsp3) is 0.348. The molecular formula is C23H23ClN4O4S. The van der Waals surface area contributed by atoms with Crippen LogP contribution in [0.2, 0.25) is 5.02 Å². The summed E-state index contributed by atoms with van der Waals surface area (Å²) >= 11 is 7.42. The van der Waals surface area contributed by atoms with Gasteiger partial charge in [0.2, 0.25) is 12.7 Å². The molecule has 1 aromatic heterocycles. The number of fused-ring (bicyclic) bond motifs is 1. The molecule has 3 aromatic rings. The maximum Gasteiger partial charge on any atom is 0.237 e. The number of rotatable bonds is 7. The summed E-state index contributed by atoms with van der Waals surface area (Å²) in [5.74, 6) is 1.89. The van der Waals surface area contributed by atoms with E-state index in [4.69, 9.17) is 25.8 Å². The van der Waals surface area contributed by atoms with Gasteiger partial charge in [-0.1, -0.05) is 23.4 Å². The number of benzene rings is 2. The van der Waals surface area contributed by atoms with E-state index >= 15 is 0 Å². The first-order valence-electron chi connectivity index (χ1n) is 10.7. The maximum atomic E-state index is 12.9. The highest BCUT2D eigenvalue weighted by Gasteiger charge is 2.25. The number of carbonyl (C=O) groups is 1. The number of halogens is 1. The highest BCUT2D eigenvalue weighted by molar-refractivity contribution is 8.00. The zero-order valence-corrected chi connectivity index (χ0v) is 19.6. The zero-order chi connectivity index (χ0) is 22.8. The van der Waals surface area contributed by atoms with Crippen LogP contribution < -0.4 is 14.8 Å². The van der Waals surface area contributed by atoms with Crippen molar-refractivity contribution in [3.8, 4) is 22.9 Å². The van der Waals surface area contributed by atoms with E-state index in [9.17, 15) is 4.79 Å². The Kier molecular flexibility index (Phi) is 6.43. The second-order valence-electron chi connectivity index (χ2n) is 7.88. The molecular weight excluding hydrogens is 464 g/mol. The maximum absolute atomic E-state index is 12.9. The normalized spacial score (nSPS) is 17.8. The third-order valence-corrected chi connectivity index (χ3v) is 6.85. The van der Waals surface area contributed by atoms with Crippen LogP contribution in [0.25, 0.3) is 11.4 Å². The number of thioether (sulfide) groups is 1. The molecule has 1 fully saturated rings. The summed E-state index contributed by atoms with van der Waals surface area (Å²) in [6, 6.07) is 12.8. The molecule has 0 saturated carbocycles. The molecule has 1 amide bonds. The summed E-state index contributed by atoms with van der Waals surface area (Å²) in [4.78, 5) is 12.9. The van der Waals surface area contributed by atoms with Crippen LogP contribution in [0.4, 0.5) is 5.69 Å². The van der Waals surface area contributed by atoms with Crippen LogP contribution in [0.15, 0.2) is 47.6 Å². The van der Waals surface area contributed by atoms with Crippen molar-refractivity contribution in [2.24, 2.45) is 0 Å². The Morgan fingerprint density at radius 2 is 2.03 bits per heavy atom. The highest BCUT2D eigenvalue weighted by atomic mass is 35.5. The second-order valence-corrected chi connectivity index (χ2v) is 9.62. The molecule has 0 unspecified atom stereocenters. The molecule has 3 heterocycles. The minimum Gasteiger partial charge on any atom is -0.454 e. The number of ether oxygens (including phenoxy) is 3. The molecule has 8 nitrogen and oxygen atoms in total. The largest absolute Gasteiger partial charge is 0.454 e. The van der Waals surface area contributed by atoms with Gasteiger partial charge < -0.3 is 19.5 Å². The van der Waals surface area contributed by atoms with Gasteiger partial charge >= 0.3 is 0 Å². The molecule has 2 atom stereocenters. The lowest BCUT2D eigenvalue weighted by atomic mass is 10.2. The second kappa shape index (κ2) is 9.62. The highest BCUT2D eigenvalue weighted by Crippen LogP contribution is 2.35. The fourth-order valence-corrected chi connectivity index (χ4v) is 4.76. The molecule has 2 aromatic carbocycles. The van der Waals surface area contributed by atoms with E-state index in [1.807, 2.05) is 35.8 Å². The summed E-state index contributed by atoms with van der Waals surface area (Å²) in [5.41, 5.74) is 1.56. The van der Waals surface area contributed by atoms with Gasteiger partial charge in [0.05, 0.1) is 17.9 Å². The monoisotopic (exact) mass is 486 g/mol. The van der Waals surface area contributed by atoms with Crippen molar-refractivity contribution in [3.63, 3.8) is 0 Å². The first-order chi connectivity index (χ1) is 16.1. The number of anilines is 1. The first kappa shape index (κ1) is 22.1. The number of nitrogens with zero attached hydrogens (tertiary/aromatic N) is 3. The van der Waals surface area contributed by atoms with E-state index in [0.717, 1.165) is 30.8 Å². The van der Waals surface area contributed by atoms with Gasteiger partial charge in [0.1, 0.15) is 0 Å². The molecule has 33 heavy (non-hydrogen) atoms. The standard InChI is InChI=1S/C23H23ClN4O4S/c1-14(22(29)25-17-8-9-19-20(11-17)32-13-31-19)33-23-27-26-21(15-4-6-16(24)7-5-15)28(23)12-18-3-2-10-30-18/h4-9,11,14,18H,2-3,10,12-13H2,1H3,(H,25,29)/t14-,18+/m1/s1. The molecule has 5 rings (SSSR count). The third kappa shape index (κ3) is 4.95. The van der Waals surface area contributed by atoms with E-state index in [-0.39, 0.29) is 18.8 Å². The minimum absolute atomic E-state index is 0.101. The van der Waals surface area contributed by atoms with Crippen molar-refractivity contribution in [1.29, 1.82) is 0 Å². The smallest absolute Gasteiger partial charge is 0.237 e. The van der Waals surface area contributed by atoms with Crippen molar-refractivity contribution in [3.05, 3.63) is 47.5 Å². The van der Waals surface area contributed by atoms with E-state index in [1.165, 1.54) is 11.8 Å².